The number of fused-ring (bicyclic) bond motifs is 1. The van der Waals surface area contributed by atoms with E-state index in [0.29, 0.717) is 6.04 Å². The maximum atomic E-state index is 4.55. The van der Waals surface area contributed by atoms with Crippen molar-refractivity contribution in [3.63, 3.8) is 0 Å². The SMILES string of the molecule is CCNC(c1cnc2ccccc2c1)C1CC1. The third-order valence-electron chi connectivity index (χ3n) is 3.49. The molecule has 1 saturated carbocycles. The molecule has 1 heterocycles. The average molecular weight is 226 g/mol. The van der Waals surface area contributed by atoms with Gasteiger partial charge < -0.3 is 5.32 Å². The Bertz CT molecular complexity index is 517. The molecule has 0 saturated heterocycles. The van der Waals surface area contributed by atoms with Crippen molar-refractivity contribution in [2.45, 2.75) is 25.8 Å². The third kappa shape index (κ3) is 2.18. The van der Waals surface area contributed by atoms with Gasteiger partial charge >= 0.3 is 0 Å². The number of rotatable bonds is 4. The quantitative estimate of drug-likeness (QED) is 0.865. The van der Waals surface area contributed by atoms with Gasteiger partial charge in [-0.2, -0.15) is 0 Å². The minimum Gasteiger partial charge on any atom is -0.310 e. The zero-order valence-corrected chi connectivity index (χ0v) is 10.2. The molecule has 0 bridgehead atoms. The Morgan fingerprint density at radius 1 is 1.35 bits per heavy atom. The van der Waals surface area contributed by atoms with Crippen molar-refractivity contribution >= 4 is 10.9 Å². The lowest BCUT2D eigenvalue weighted by molar-refractivity contribution is 0.495. The average Bonchev–Trinajstić information content (AvgIpc) is 3.20. The van der Waals surface area contributed by atoms with E-state index in [9.17, 15) is 0 Å². The molecular weight excluding hydrogens is 208 g/mol. The van der Waals surface area contributed by atoms with E-state index in [0.717, 1.165) is 18.0 Å². The molecule has 17 heavy (non-hydrogen) atoms. The van der Waals surface area contributed by atoms with Gasteiger partial charge in [-0.25, -0.2) is 0 Å². The molecule has 3 rings (SSSR count). The molecule has 0 amide bonds. The van der Waals surface area contributed by atoms with Crippen molar-refractivity contribution in [3.8, 4) is 0 Å². The molecule has 0 aliphatic heterocycles. The van der Waals surface area contributed by atoms with Gasteiger partial charge in [0.1, 0.15) is 0 Å². The molecule has 1 aliphatic rings. The maximum Gasteiger partial charge on any atom is 0.0702 e. The van der Waals surface area contributed by atoms with Crippen molar-refractivity contribution in [1.29, 1.82) is 0 Å². The number of pyridine rings is 1. The summed E-state index contributed by atoms with van der Waals surface area (Å²) in [5.41, 5.74) is 2.43. The Hall–Kier alpha value is -1.41. The highest BCUT2D eigenvalue weighted by Gasteiger charge is 2.31. The molecule has 1 fully saturated rings. The molecule has 1 N–H and O–H groups in total. The Kier molecular flexibility index (Phi) is 2.81. The highest BCUT2D eigenvalue weighted by Crippen LogP contribution is 2.41. The Morgan fingerprint density at radius 3 is 2.94 bits per heavy atom. The molecular formula is C15H18N2. The molecule has 2 heteroatoms. The van der Waals surface area contributed by atoms with E-state index in [2.05, 4.69) is 41.5 Å². The van der Waals surface area contributed by atoms with Crippen LogP contribution in [-0.4, -0.2) is 11.5 Å². The summed E-state index contributed by atoms with van der Waals surface area (Å²) >= 11 is 0. The second-order valence-electron chi connectivity index (χ2n) is 4.83. The topological polar surface area (TPSA) is 24.9 Å². The summed E-state index contributed by atoms with van der Waals surface area (Å²) in [7, 11) is 0. The van der Waals surface area contributed by atoms with E-state index in [4.69, 9.17) is 0 Å². The lowest BCUT2D eigenvalue weighted by atomic mass is 10.0. The molecule has 1 aromatic heterocycles. The first-order chi connectivity index (χ1) is 8.38. The van der Waals surface area contributed by atoms with Crippen LogP contribution in [0, 0.1) is 5.92 Å². The van der Waals surface area contributed by atoms with Gasteiger partial charge in [0.05, 0.1) is 5.52 Å². The van der Waals surface area contributed by atoms with E-state index in [-0.39, 0.29) is 0 Å². The first kappa shape index (κ1) is 10.7. The molecule has 2 aromatic rings. The lowest BCUT2D eigenvalue weighted by Crippen LogP contribution is -2.22. The Labute approximate surface area is 102 Å². The fourth-order valence-electron chi connectivity index (χ4n) is 2.46. The fraction of sp³-hybridized carbons (Fsp3) is 0.400. The van der Waals surface area contributed by atoms with Crippen LogP contribution >= 0.6 is 0 Å². The molecule has 88 valence electrons. The number of para-hydroxylation sites is 1. The van der Waals surface area contributed by atoms with E-state index < -0.39 is 0 Å². The summed E-state index contributed by atoms with van der Waals surface area (Å²) in [5.74, 6) is 0.818. The summed E-state index contributed by atoms with van der Waals surface area (Å²) < 4.78 is 0. The minimum absolute atomic E-state index is 0.497. The monoisotopic (exact) mass is 226 g/mol. The van der Waals surface area contributed by atoms with Crippen LogP contribution < -0.4 is 5.32 Å². The van der Waals surface area contributed by atoms with Crippen LogP contribution in [0.4, 0.5) is 0 Å². The molecule has 1 unspecified atom stereocenters. The molecule has 0 spiro atoms. The van der Waals surface area contributed by atoms with Crippen molar-refractivity contribution in [2.75, 3.05) is 6.54 Å². The molecule has 1 atom stereocenters. The normalized spacial score (nSPS) is 17.2. The van der Waals surface area contributed by atoms with Crippen LogP contribution in [0.25, 0.3) is 10.9 Å². The van der Waals surface area contributed by atoms with Crippen LogP contribution in [-0.2, 0) is 0 Å². The summed E-state index contributed by atoms with van der Waals surface area (Å²) in [6.45, 7) is 3.19. The van der Waals surface area contributed by atoms with E-state index >= 15 is 0 Å². The van der Waals surface area contributed by atoms with Crippen LogP contribution in [0.15, 0.2) is 36.5 Å². The third-order valence-corrected chi connectivity index (χ3v) is 3.49. The number of nitrogens with one attached hydrogen (secondary N) is 1. The van der Waals surface area contributed by atoms with E-state index in [1.165, 1.54) is 23.8 Å². The zero-order valence-electron chi connectivity index (χ0n) is 10.2. The second kappa shape index (κ2) is 4.46. The molecule has 2 nitrogen and oxygen atoms in total. The lowest BCUT2D eigenvalue weighted by Gasteiger charge is -2.17. The number of hydrogen-bond donors (Lipinski definition) is 1. The second-order valence-corrected chi connectivity index (χ2v) is 4.83. The first-order valence-corrected chi connectivity index (χ1v) is 6.46. The van der Waals surface area contributed by atoms with Crippen LogP contribution in [0.5, 0.6) is 0 Å². The van der Waals surface area contributed by atoms with Crippen LogP contribution in [0.2, 0.25) is 0 Å². The van der Waals surface area contributed by atoms with E-state index in [1.807, 2.05) is 12.3 Å². The standard InChI is InChI=1S/C15H18N2/c1-2-16-15(11-7-8-11)13-9-12-5-3-4-6-14(12)17-10-13/h3-6,9-11,15-16H,2,7-8H2,1H3. The van der Waals surface area contributed by atoms with Crippen LogP contribution in [0.3, 0.4) is 0 Å². The van der Waals surface area contributed by atoms with Crippen molar-refractivity contribution in [2.24, 2.45) is 5.92 Å². The molecule has 1 aliphatic carbocycles. The highest BCUT2D eigenvalue weighted by atomic mass is 14.9. The van der Waals surface area contributed by atoms with Gasteiger partial charge in [-0.15, -0.1) is 0 Å². The number of benzene rings is 1. The van der Waals surface area contributed by atoms with Gasteiger partial charge in [-0.1, -0.05) is 25.1 Å². The van der Waals surface area contributed by atoms with Crippen molar-refractivity contribution in [3.05, 3.63) is 42.1 Å². The highest BCUT2D eigenvalue weighted by molar-refractivity contribution is 5.78. The van der Waals surface area contributed by atoms with Gasteiger partial charge in [-0.05, 0) is 43.0 Å². The molecule has 0 radical (unpaired) electrons. The van der Waals surface area contributed by atoms with Gasteiger partial charge in [0.25, 0.3) is 0 Å². The number of aromatic nitrogens is 1. The van der Waals surface area contributed by atoms with Gasteiger partial charge in [0.15, 0.2) is 0 Å². The van der Waals surface area contributed by atoms with Crippen molar-refractivity contribution in [1.82, 2.24) is 10.3 Å². The first-order valence-electron chi connectivity index (χ1n) is 6.46. The van der Waals surface area contributed by atoms with Gasteiger partial charge in [0, 0.05) is 17.6 Å². The minimum atomic E-state index is 0.497. The largest absolute Gasteiger partial charge is 0.310 e. The van der Waals surface area contributed by atoms with Gasteiger partial charge in [0.2, 0.25) is 0 Å². The summed E-state index contributed by atoms with van der Waals surface area (Å²) in [5, 5.41) is 4.83. The molecule has 1 aromatic carbocycles. The summed E-state index contributed by atoms with van der Waals surface area (Å²) in [6.07, 6.45) is 4.74. The summed E-state index contributed by atoms with van der Waals surface area (Å²) in [4.78, 5) is 4.55. The Morgan fingerprint density at radius 2 is 2.18 bits per heavy atom. The van der Waals surface area contributed by atoms with Gasteiger partial charge in [-0.3, -0.25) is 4.98 Å². The maximum absolute atomic E-state index is 4.55. The van der Waals surface area contributed by atoms with Crippen molar-refractivity contribution < 1.29 is 0 Å². The number of nitrogens with zero attached hydrogens (tertiary/aromatic N) is 1. The fourth-order valence-corrected chi connectivity index (χ4v) is 2.46. The number of hydrogen-bond acceptors (Lipinski definition) is 2. The predicted octanol–water partition coefficient (Wildman–Crippen LogP) is 3.30. The smallest absolute Gasteiger partial charge is 0.0702 e. The zero-order chi connectivity index (χ0) is 11.7. The predicted molar refractivity (Wildman–Crippen MR) is 70.9 cm³/mol. The Balaban J connectivity index is 1.97. The van der Waals surface area contributed by atoms with Crippen LogP contribution in [0.1, 0.15) is 31.4 Å². The summed E-state index contributed by atoms with van der Waals surface area (Å²) in [6, 6.07) is 11.1. The van der Waals surface area contributed by atoms with E-state index in [1.54, 1.807) is 0 Å².